The Kier molecular flexibility index (Phi) is 2.80. The van der Waals surface area contributed by atoms with E-state index in [1.54, 1.807) is 6.20 Å². The fourth-order valence-electron chi connectivity index (χ4n) is 2.78. The number of fused-ring (bicyclic) bond motifs is 1. The van der Waals surface area contributed by atoms with Crippen molar-refractivity contribution in [2.45, 2.75) is 31.5 Å². The minimum Gasteiger partial charge on any atom is -0.385 e. The molecule has 0 atom stereocenters. The zero-order chi connectivity index (χ0) is 12.6. The van der Waals surface area contributed by atoms with Gasteiger partial charge in [0.25, 0.3) is 0 Å². The van der Waals surface area contributed by atoms with E-state index in [0.29, 0.717) is 19.4 Å². The Bertz CT molecular complexity index is 556. The van der Waals surface area contributed by atoms with Gasteiger partial charge in [-0.3, -0.25) is 4.98 Å². The van der Waals surface area contributed by atoms with Crippen LogP contribution < -0.4 is 0 Å². The fraction of sp³-hybridized carbons (Fsp3) is 0.400. The highest BCUT2D eigenvalue weighted by Crippen LogP contribution is 2.45. The molecule has 0 amide bonds. The van der Waals surface area contributed by atoms with E-state index in [4.69, 9.17) is 4.74 Å². The van der Waals surface area contributed by atoms with Gasteiger partial charge in [0.05, 0.1) is 17.2 Å². The minimum absolute atomic E-state index is 0.187. The molecule has 0 saturated heterocycles. The molecule has 0 aliphatic heterocycles. The van der Waals surface area contributed by atoms with Crippen molar-refractivity contribution in [2.75, 3.05) is 6.61 Å². The third-order valence-corrected chi connectivity index (χ3v) is 3.68. The summed E-state index contributed by atoms with van der Waals surface area (Å²) in [6, 6.07) is 9.85. The van der Waals surface area contributed by atoms with Gasteiger partial charge in [0.15, 0.2) is 0 Å². The Morgan fingerprint density at radius 3 is 2.94 bits per heavy atom. The molecule has 18 heavy (non-hydrogen) atoms. The van der Waals surface area contributed by atoms with Crippen LogP contribution in [0.3, 0.4) is 0 Å². The van der Waals surface area contributed by atoms with E-state index in [2.05, 4.69) is 4.98 Å². The summed E-state index contributed by atoms with van der Waals surface area (Å²) >= 11 is 0. The summed E-state index contributed by atoms with van der Waals surface area (Å²) in [6.07, 6.45) is 3.32. The lowest BCUT2D eigenvalue weighted by Gasteiger charge is -2.44. The van der Waals surface area contributed by atoms with Crippen LogP contribution in [0, 0.1) is 0 Å². The van der Waals surface area contributed by atoms with Crippen molar-refractivity contribution in [1.29, 1.82) is 0 Å². The van der Waals surface area contributed by atoms with Crippen molar-refractivity contribution >= 4 is 10.9 Å². The first-order chi connectivity index (χ1) is 8.73. The van der Waals surface area contributed by atoms with Gasteiger partial charge in [-0.15, -0.1) is 0 Å². The van der Waals surface area contributed by atoms with Crippen molar-refractivity contribution in [3.63, 3.8) is 0 Å². The van der Waals surface area contributed by atoms with Gasteiger partial charge in [0, 0.05) is 31.0 Å². The third kappa shape index (κ3) is 1.80. The molecule has 3 rings (SSSR count). The summed E-state index contributed by atoms with van der Waals surface area (Å²) in [5, 5.41) is 11.7. The molecule has 0 unspecified atom stereocenters. The van der Waals surface area contributed by atoms with E-state index < -0.39 is 5.60 Å². The first-order valence-corrected chi connectivity index (χ1v) is 6.41. The van der Waals surface area contributed by atoms with Crippen LogP contribution in [0.2, 0.25) is 0 Å². The van der Waals surface area contributed by atoms with Crippen LogP contribution in [0.5, 0.6) is 0 Å². The number of pyridine rings is 1. The standard InChI is InChI=1S/C15H17NO2/c1-2-18-11-9-15(17,10-11)13-6-3-7-14-12(13)5-4-8-16-14/h3-8,11,17H,2,9-10H2,1H3. The monoisotopic (exact) mass is 243 g/mol. The highest BCUT2D eigenvalue weighted by Gasteiger charge is 2.45. The molecule has 1 aliphatic rings. The number of nitrogens with zero attached hydrogens (tertiary/aromatic N) is 1. The van der Waals surface area contributed by atoms with Gasteiger partial charge in [0.1, 0.15) is 0 Å². The minimum atomic E-state index is -0.748. The summed E-state index contributed by atoms with van der Waals surface area (Å²) in [4.78, 5) is 4.33. The molecule has 0 bridgehead atoms. The van der Waals surface area contributed by atoms with Gasteiger partial charge in [0.2, 0.25) is 0 Å². The second-order valence-corrected chi connectivity index (χ2v) is 4.89. The van der Waals surface area contributed by atoms with Crippen molar-refractivity contribution in [1.82, 2.24) is 4.98 Å². The van der Waals surface area contributed by atoms with E-state index in [9.17, 15) is 5.11 Å². The SMILES string of the molecule is CCOC1CC(O)(c2cccc3ncccc23)C1. The van der Waals surface area contributed by atoms with Crippen molar-refractivity contribution in [3.05, 3.63) is 42.1 Å². The Morgan fingerprint density at radius 2 is 2.17 bits per heavy atom. The normalized spacial score (nSPS) is 27.1. The summed E-state index contributed by atoms with van der Waals surface area (Å²) < 4.78 is 5.53. The summed E-state index contributed by atoms with van der Waals surface area (Å²) in [5.74, 6) is 0. The highest BCUT2D eigenvalue weighted by molar-refractivity contribution is 5.83. The van der Waals surface area contributed by atoms with Crippen molar-refractivity contribution in [3.8, 4) is 0 Å². The number of hydrogen-bond acceptors (Lipinski definition) is 3. The van der Waals surface area contributed by atoms with E-state index >= 15 is 0 Å². The van der Waals surface area contributed by atoms with Gasteiger partial charge in [-0.05, 0) is 24.6 Å². The van der Waals surface area contributed by atoms with Gasteiger partial charge in [-0.2, -0.15) is 0 Å². The number of hydrogen-bond donors (Lipinski definition) is 1. The molecule has 94 valence electrons. The molecule has 1 heterocycles. The van der Waals surface area contributed by atoms with Crippen LogP contribution in [-0.4, -0.2) is 22.8 Å². The first-order valence-electron chi connectivity index (χ1n) is 6.41. The van der Waals surface area contributed by atoms with Crippen LogP contribution in [0.4, 0.5) is 0 Å². The zero-order valence-corrected chi connectivity index (χ0v) is 10.5. The Balaban J connectivity index is 1.96. The number of aromatic nitrogens is 1. The second-order valence-electron chi connectivity index (χ2n) is 4.89. The fourth-order valence-corrected chi connectivity index (χ4v) is 2.78. The quantitative estimate of drug-likeness (QED) is 0.901. The molecule has 0 spiro atoms. The maximum atomic E-state index is 10.7. The number of rotatable bonds is 3. The number of ether oxygens (including phenoxy) is 1. The van der Waals surface area contributed by atoms with E-state index in [0.717, 1.165) is 16.5 Å². The van der Waals surface area contributed by atoms with Crippen LogP contribution >= 0.6 is 0 Å². The molecule has 2 aromatic rings. The predicted octanol–water partition coefficient (Wildman–Crippen LogP) is 2.62. The zero-order valence-electron chi connectivity index (χ0n) is 10.5. The molecule has 1 aliphatic carbocycles. The van der Waals surface area contributed by atoms with Gasteiger partial charge in [-0.25, -0.2) is 0 Å². The number of benzene rings is 1. The maximum Gasteiger partial charge on any atom is 0.0952 e. The molecule has 3 nitrogen and oxygen atoms in total. The summed E-state index contributed by atoms with van der Waals surface area (Å²) in [6.45, 7) is 2.69. The van der Waals surface area contributed by atoms with Gasteiger partial charge >= 0.3 is 0 Å². The van der Waals surface area contributed by atoms with Gasteiger partial charge in [-0.1, -0.05) is 18.2 Å². The first kappa shape index (κ1) is 11.6. The summed E-state index contributed by atoms with van der Waals surface area (Å²) in [5.41, 5.74) is 1.16. The molecule has 0 radical (unpaired) electrons. The van der Waals surface area contributed by atoms with E-state index in [-0.39, 0.29) is 6.10 Å². The molecular formula is C15H17NO2. The number of aliphatic hydroxyl groups is 1. The molecule has 1 saturated carbocycles. The van der Waals surface area contributed by atoms with E-state index in [1.807, 2.05) is 37.3 Å². The molecule has 3 heteroatoms. The van der Waals surface area contributed by atoms with Gasteiger partial charge < -0.3 is 9.84 Å². The second kappa shape index (κ2) is 4.34. The Hall–Kier alpha value is -1.45. The highest BCUT2D eigenvalue weighted by atomic mass is 16.5. The summed E-state index contributed by atoms with van der Waals surface area (Å²) in [7, 11) is 0. The van der Waals surface area contributed by atoms with Crippen LogP contribution in [-0.2, 0) is 10.3 Å². The van der Waals surface area contributed by atoms with Crippen LogP contribution in [0.25, 0.3) is 10.9 Å². The Morgan fingerprint density at radius 1 is 1.33 bits per heavy atom. The maximum absolute atomic E-state index is 10.7. The lowest BCUT2D eigenvalue weighted by molar-refractivity contribution is -0.141. The topological polar surface area (TPSA) is 42.4 Å². The lowest BCUT2D eigenvalue weighted by atomic mass is 9.72. The largest absolute Gasteiger partial charge is 0.385 e. The molecule has 1 fully saturated rings. The smallest absolute Gasteiger partial charge is 0.0952 e. The average molecular weight is 243 g/mol. The van der Waals surface area contributed by atoms with Crippen LogP contribution in [0.1, 0.15) is 25.3 Å². The third-order valence-electron chi connectivity index (χ3n) is 3.68. The van der Waals surface area contributed by atoms with E-state index in [1.165, 1.54) is 0 Å². The average Bonchev–Trinajstić information content (AvgIpc) is 2.36. The molecule has 1 aromatic heterocycles. The van der Waals surface area contributed by atoms with Crippen molar-refractivity contribution < 1.29 is 9.84 Å². The van der Waals surface area contributed by atoms with Crippen molar-refractivity contribution in [2.24, 2.45) is 0 Å². The van der Waals surface area contributed by atoms with Crippen LogP contribution in [0.15, 0.2) is 36.5 Å². The molecular weight excluding hydrogens is 226 g/mol. The molecule has 1 N–H and O–H groups in total. The Labute approximate surface area is 106 Å². The predicted molar refractivity (Wildman–Crippen MR) is 70.3 cm³/mol. The lowest BCUT2D eigenvalue weighted by Crippen LogP contribution is -2.46. The molecule has 1 aromatic carbocycles.